The predicted octanol–water partition coefficient (Wildman–Crippen LogP) is 4.25. The van der Waals surface area contributed by atoms with Gasteiger partial charge in [-0.2, -0.15) is 0 Å². The monoisotopic (exact) mass is 370 g/mol. The van der Waals surface area contributed by atoms with E-state index >= 15 is 0 Å². The molecule has 0 unspecified atom stereocenters. The molecule has 0 saturated carbocycles. The largest absolute Gasteiger partial charge is 0.347 e. The van der Waals surface area contributed by atoms with Gasteiger partial charge >= 0.3 is 0 Å². The number of amides is 1. The van der Waals surface area contributed by atoms with Gasteiger partial charge in [-0.05, 0) is 55.0 Å². The van der Waals surface area contributed by atoms with Gasteiger partial charge in [0.2, 0.25) is 5.95 Å². The Balaban J connectivity index is 1.70. The van der Waals surface area contributed by atoms with E-state index in [2.05, 4.69) is 20.6 Å². The molecule has 7 heteroatoms. The summed E-state index contributed by atoms with van der Waals surface area (Å²) in [5.74, 6) is -0.331. The summed E-state index contributed by atoms with van der Waals surface area (Å²) in [6, 6.07) is 14.6. The van der Waals surface area contributed by atoms with E-state index in [1.165, 1.54) is 12.1 Å². The third-order valence-corrected chi connectivity index (χ3v) is 3.81. The molecule has 2 N–H and O–H groups in total. The number of aromatic nitrogens is 2. The van der Waals surface area contributed by atoms with Crippen LogP contribution in [-0.4, -0.2) is 15.9 Å². The second-order valence-electron chi connectivity index (χ2n) is 5.66. The first-order chi connectivity index (χ1) is 12.5. The topological polar surface area (TPSA) is 66.9 Å². The van der Waals surface area contributed by atoms with Crippen LogP contribution in [0.5, 0.6) is 0 Å². The molecular weight excluding hydrogens is 355 g/mol. The number of benzene rings is 2. The molecular formula is C19H16ClFN4O. The number of hydrogen-bond donors (Lipinski definition) is 2. The molecule has 3 rings (SSSR count). The Morgan fingerprint density at radius 1 is 1.08 bits per heavy atom. The molecule has 1 amide bonds. The minimum atomic E-state index is -0.334. The molecule has 3 aromatic rings. The van der Waals surface area contributed by atoms with Crippen LogP contribution in [0.1, 0.15) is 21.7 Å². The van der Waals surface area contributed by atoms with Crippen molar-refractivity contribution in [1.82, 2.24) is 15.3 Å². The highest BCUT2D eigenvalue weighted by Gasteiger charge is 2.11. The number of halogens is 2. The summed E-state index contributed by atoms with van der Waals surface area (Å²) < 4.78 is 12.9. The van der Waals surface area contributed by atoms with Gasteiger partial charge in [0.05, 0.1) is 0 Å². The van der Waals surface area contributed by atoms with Crippen LogP contribution < -0.4 is 10.6 Å². The molecule has 0 aliphatic heterocycles. The van der Waals surface area contributed by atoms with E-state index in [0.29, 0.717) is 16.7 Å². The quantitative estimate of drug-likeness (QED) is 0.704. The van der Waals surface area contributed by atoms with Gasteiger partial charge in [-0.25, -0.2) is 14.4 Å². The number of nitrogens with one attached hydrogen (secondary N) is 2. The maximum absolute atomic E-state index is 12.9. The van der Waals surface area contributed by atoms with Gasteiger partial charge in [-0.1, -0.05) is 23.7 Å². The van der Waals surface area contributed by atoms with Gasteiger partial charge in [-0.15, -0.1) is 0 Å². The highest BCUT2D eigenvalue weighted by Crippen LogP contribution is 2.17. The molecule has 0 atom stereocenters. The lowest BCUT2D eigenvalue weighted by Crippen LogP contribution is -2.24. The van der Waals surface area contributed by atoms with Crippen molar-refractivity contribution in [3.63, 3.8) is 0 Å². The van der Waals surface area contributed by atoms with Crippen molar-refractivity contribution < 1.29 is 9.18 Å². The lowest BCUT2D eigenvalue weighted by molar-refractivity contribution is 0.0945. The van der Waals surface area contributed by atoms with Gasteiger partial charge in [-0.3, -0.25) is 4.79 Å². The summed E-state index contributed by atoms with van der Waals surface area (Å²) in [4.78, 5) is 20.9. The fourth-order valence-corrected chi connectivity index (χ4v) is 2.40. The van der Waals surface area contributed by atoms with Crippen LogP contribution in [0.25, 0.3) is 0 Å². The lowest BCUT2D eigenvalue weighted by atomic mass is 10.2. The van der Waals surface area contributed by atoms with E-state index in [9.17, 15) is 9.18 Å². The van der Waals surface area contributed by atoms with Crippen LogP contribution in [0, 0.1) is 12.7 Å². The number of nitrogens with zero attached hydrogens (tertiary/aromatic N) is 2. The molecule has 5 nitrogen and oxygen atoms in total. The predicted molar refractivity (Wildman–Crippen MR) is 99.1 cm³/mol. The third kappa shape index (κ3) is 4.77. The molecule has 1 heterocycles. The summed E-state index contributed by atoms with van der Waals surface area (Å²) in [7, 11) is 0. The van der Waals surface area contributed by atoms with Gasteiger partial charge in [0.1, 0.15) is 11.5 Å². The van der Waals surface area contributed by atoms with E-state index in [4.69, 9.17) is 11.6 Å². The van der Waals surface area contributed by atoms with Crippen LogP contribution in [-0.2, 0) is 6.54 Å². The van der Waals surface area contributed by atoms with Crippen LogP contribution in [0.15, 0.2) is 54.6 Å². The third-order valence-electron chi connectivity index (χ3n) is 3.55. The van der Waals surface area contributed by atoms with Crippen molar-refractivity contribution in [1.29, 1.82) is 0 Å². The Morgan fingerprint density at radius 2 is 1.77 bits per heavy atom. The van der Waals surface area contributed by atoms with Crippen LogP contribution >= 0.6 is 11.6 Å². The van der Waals surface area contributed by atoms with Crippen molar-refractivity contribution in [3.8, 4) is 0 Å². The van der Waals surface area contributed by atoms with Crippen LogP contribution in [0.4, 0.5) is 16.0 Å². The molecule has 26 heavy (non-hydrogen) atoms. The van der Waals surface area contributed by atoms with Crippen molar-refractivity contribution in [2.24, 2.45) is 0 Å². The smallest absolute Gasteiger partial charge is 0.270 e. The molecule has 0 bridgehead atoms. The van der Waals surface area contributed by atoms with Crippen LogP contribution in [0.2, 0.25) is 5.02 Å². The second-order valence-corrected chi connectivity index (χ2v) is 6.10. The number of rotatable bonds is 5. The van der Waals surface area contributed by atoms with E-state index in [0.717, 1.165) is 11.3 Å². The molecule has 0 saturated heterocycles. The normalized spacial score (nSPS) is 10.4. The zero-order valence-electron chi connectivity index (χ0n) is 14.0. The Morgan fingerprint density at radius 3 is 2.46 bits per heavy atom. The molecule has 0 aliphatic carbocycles. The van der Waals surface area contributed by atoms with Crippen molar-refractivity contribution in [2.45, 2.75) is 13.5 Å². The van der Waals surface area contributed by atoms with Crippen molar-refractivity contribution >= 4 is 29.1 Å². The minimum Gasteiger partial charge on any atom is -0.347 e. The molecule has 0 fully saturated rings. The second kappa shape index (κ2) is 7.93. The standard InChI is InChI=1S/C19H16ClFN4O/c1-12-10-17(18(26)22-11-13-2-6-15(21)7-3-13)25-19(23-12)24-16-8-4-14(20)5-9-16/h2-10H,11H2,1H3,(H,22,26)(H,23,24,25). The number of aryl methyl sites for hydroxylation is 1. The summed E-state index contributed by atoms with van der Waals surface area (Å²) in [6.45, 7) is 2.06. The fraction of sp³-hybridized carbons (Fsp3) is 0.105. The number of anilines is 2. The van der Waals surface area contributed by atoms with E-state index in [1.807, 2.05) is 0 Å². The first-order valence-electron chi connectivity index (χ1n) is 7.90. The Kier molecular flexibility index (Phi) is 5.43. The zero-order valence-corrected chi connectivity index (χ0v) is 14.7. The average Bonchev–Trinajstić information content (AvgIpc) is 2.62. The Hall–Kier alpha value is -2.99. The van der Waals surface area contributed by atoms with Gasteiger partial charge in [0, 0.05) is 22.9 Å². The van der Waals surface area contributed by atoms with Gasteiger partial charge in [0.25, 0.3) is 5.91 Å². The fourth-order valence-electron chi connectivity index (χ4n) is 2.28. The van der Waals surface area contributed by atoms with Gasteiger partial charge < -0.3 is 10.6 Å². The molecule has 2 aromatic carbocycles. The SMILES string of the molecule is Cc1cc(C(=O)NCc2ccc(F)cc2)nc(Nc2ccc(Cl)cc2)n1. The highest BCUT2D eigenvalue weighted by atomic mass is 35.5. The minimum absolute atomic E-state index is 0.246. The molecule has 0 radical (unpaired) electrons. The summed E-state index contributed by atoms with van der Waals surface area (Å²) in [5, 5.41) is 6.43. The summed E-state index contributed by atoms with van der Waals surface area (Å²) >= 11 is 5.87. The number of carbonyl (C=O) groups excluding carboxylic acids is 1. The Labute approximate surface area is 155 Å². The number of carbonyl (C=O) groups is 1. The molecule has 132 valence electrons. The average molecular weight is 371 g/mol. The first kappa shape index (κ1) is 17.8. The Bertz CT molecular complexity index is 914. The van der Waals surface area contributed by atoms with Crippen molar-refractivity contribution in [3.05, 3.63) is 82.4 Å². The summed E-state index contributed by atoms with van der Waals surface area (Å²) in [6.07, 6.45) is 0. The lowest BCUT2D eigenvalue weighted by Gasteiger charge is -2.09. The molecule has 0 spiro atoms. The number of hydrogen-bond acceptors (Lipinski definition) is 4. The zero-order chi connectivity index (χ0) is 18.5. The molecule has 1 aromatic heterocycles. The highest BCUT2D eigenvalue weighted by molar-refractivity contribution is 6.30. The van der Waals surface area contributed by atoms with Crippen LogP contribution in [0.3, 0.4) is 0 Å². The van der Waals surface area contributed by atoms with E-state index in [1.54, 1.807) is 49.4 Å². The van der Waals surface area contributed by atoms with E-state index in [-0.39, 0.29) is 24.0 Å². The molecule has 0 aliphatic rings. The van der Waals surface area contributed by atoms with Gasteiger partial charge in [0.15, 0.2) is 0 Å². The van der Waals surface area contributed by atoms with Crippen molar-refractivity contribution in [2.75, 3.05) is 5.32 Å². The first-order valence-corrected chi connectivity index (χ1v) is 8.28. The summed E-state index contributed by atoms with van der Waals surface area (Å²) in [5.41, 5.74) is 2.46. The van der Waals surface area contributed by atoms with E-state index < -0.39 is 0 Å². The maximum atomic E-state index is 12.9. The maximum Gasteiger partial charge on any atom is 0.270 e.